The third kappa shape index (κ3) is 4.44. The zero-order valence-corrected chi connectivity index (χ0v) is 16.0. The van der Waals surface area contributed by atoms with Crippen LogP contribution in [0, 0.1) is 17.8 Å². The highest BCUT2D eigenvalue weighted by Crippen LogP contribution is 2.36. The summed E-state index contributed by atoms with van der Waals surface area (Å²) >= 11 is 0. The van der Waals surface area contributed by atoms with Crippen molar-refractivity contribution in [1.29, 1.82) is 0 Å². The maximum absolute atomic E-state index is 6.55. The molecular formula is C21H34N4. The molecule has 0 aromatic carbocycles. The molecule has 4 heteroatoms. The topological polar surface area (TPSA) is 62.4 Å². The Balaban J connectivity index is 1.71. The molecule has 2 aliphatic carbocycles. The Hall–Kier alpha value is -1.35. The largest absolute Gasteiger partial charge is 0.366 e. The minimum Gasteiger partial charge on any atom is -0.366 e. The molecule has 1 aliphatic heterocycles. The molecule has 0 spiro atoms. The Labute approximate surface area is 152 Å². The fraction of sp³-hybridized carbons (Fsp3) is 0.714. The molecule has 4 N–H and O–H groups in total. The number of amidine groups is 1. The summed E-state index contributed by atoms with van der Waals surface area (Å²) in [7, 11) is 0. The van der Waals surface area contributed by atoms with Crippen molar-refractivity contribution in [2.24, 2.45) is 28.5 Å². The molecule has 3 aliphatic rings. The van der Waals surface area contributed by atoms with Crippen molar-refractivity contribution < 1.29 is 0 Å². The molecule has 0 aromatic heterocycles. The van der Waals surface area contributed by atoms with E-state index in [0.29, 0.717) is 5.92 Å². The van der Waals surface area contributed by atoms with Crippen LogP contribution in [0.15, 0.2) is 34.0 Å². The zero-order chi connectivity index (χ0) is 17.8. The van der Waals surface area contributed by atoms with Crippen molar-refractivity contribution in [3.05, 3.63) is 29.0 Å². The van der Waals surface area contributed by atoms with Crippen molar-refractivity contribution in [3.63, 3.8) is 0 Å². The number of aliphatic imine (C=N–C) groups is 1. The lowest BCUT2D eigenvalue weighted by atomic mass is 9.72. The van der Waals surface area contributed by atoms with Crippen LogP contribution < -0.4 is 16.4 Å². The van der Waals surface area contributed by atoms with Crippen LogP contribution in [-0.4, -0.2) is 37.6 Å². The molecular weight excluding hydrogens is 308 g/mol. The van der Waals surface area contributed by atoms with Crippen molar-refractivity contribution >= 4 is 5.84 Å². The van der Waals surface area contributed by atoms with E-state index in [4.69, 9.17) is 10.7 Å². The number of allylic oxidation sites excluding steroid dienone is 1. The van der Waals surface area contributed by atoms with E-state index in [1.165, 1.54) is 43.5 Å². The highest BCUT2D eigenvalue weighted by Gasteiger charge is 2.36. The van der Waals surface area contributed by atoms with E-state index in [1.807, 2.05) is 0 Å². The van der Waals surface area contributed by atoms with Gasteiger partial charge in [-0.15, -0.1) is 5.73 Å². The molecule has 0 radical (unpaired) electrons. The molecule has 138 valence electrons. The Morgan fingerprint density at radius 2 is 2.20 bits per heavy atom. The smallest absolute Gasteiger partial charge is 0.101 e. The van der Waals surface area contributed by atoms with Crippen molar-refractivity contribution in [2.75, 3.05) is 19.6 Å². The van der Waals surface area contributed by atoms with Crippen LogP contribution in [-0.2, 0) is 0 Å². The standard InChI is InChI=1S/C21H34N4/c1-4-24-21(25-15(3)16-6-5-14(2)11-16)19-12-17(7-8-20(19)22)18-9-10-23-13-18/h5-6,15,17-20,23H,4,7-10,12-13,22H2,1-3H3,(H,24,25). The van der Waals surface area contributed by atoms with E-state index in [9.17, 15) is 0 Å². The first kappa shape index (κ1) is 18.4. The molecule has 1 heterocycles. The van der Waals surface area contributed by atoms with Gasteiger partial charge in [0.2, 0.25) is 0 Å². The van der Waals surface area contributed by atoms with Gasteiger partial charge in [-0.3, -0.25) is 4.99 Å². The zero-order valence-electron chi connectivity index (χ0n) is 16.0. The average molecular weight is 343 g/mol. The number of hydrogen-bond acceptors (Lipinski definition) is 3. The SMILES string of the molecule is CC/N=C(/NC(C)C1=C=C(C)C=C1)C1CC(C2CCNC2)CCC1N. The quantitative estimate of drug-likeness (QED) is 0.409. The van der Waals surface area contributed by atoms with Gasteiger partial charge in [0.25, 0.3) is 0 Å². The van der Waals surface area contributed by atoms with Gasteiger partial charge in [0, 0.05) is 24.1 Å². The summed E-state index contributed by atoms with van der Waals surface area (Å²) < 4.78 is 0. The number of rotatable bonds is 5. The number of nitrogens with zero attached hydrogens (tertiary/aromatic N) is 1. The minimum atomic E-state index is 0.222. The van der Waals surface area contributed by atoms with Gasteiger partial charge >= 0.3 is 0 Å². The van der Waals surface area contributed by atoms with E-state index in [1.54, 1.807) is 0 Å². The highest BCUT2D eigenvalue weighted by atomic mass is 15.0. The van der Waals surface area contributed by atoms with Crippen LogP contribution in [0.4, 0.5) is 0 Å². The Morgan fingerprint density at radius 3 is 2.84 bits per heavy atom. The minimum absolute atomic E-state index is 0.222. The molecule has 25 heavy (non-hydrogen) atoms. The highest BCUT2D eigenvalue weighted by molar-refractivity contribution is 5.86. The molecule has 1 saturated heterocycles. The third-order valence-electron chi connectivity index (χ3n) is 6.07. The van der Waals surface area contributed by atoms with Crippen LogP contribution in [0.3, 0.4) is 0 Å². The van der Waals surface area contributed by atoms with Gasteiger partial charge in [-0.25, -0.2) is 0 Å². The molecule has 2 fully saturated rings. The molecule has 1 saturated carbocycles. The maximum atomic E-state index is 6.55. The van der Waals surface area contributed by atoms with E-state index < -0.39 is 0 Å². The van der Waals surface area contributed by atoms with Crippen molar-refractivity contribution in [1.82, 2.24) is 10.6 Å². The summed E-state index contributed by atoms with van der Waals surface area (Å²) in [5.74, 6) is 3.08. The lowest BCUT2D eigenvalue weighted by Crippen LogP contribution is -2.49. The average Bonchev–Trinajstić information content (AvgIpc) is 3.26. The fourth-order valence-electron chi connectivity index (χ4n) is 4.57. The van der Waals surface area contributed by atoms with Crippen LogP contribution in [0.1, 0.15) is 46.5 Å². The molecule has 3 rings (SSSR count). The van der Waals surface area contributed by atoms with Gasteiger partial charge in [-0.05, 0) is 83.0 Å². The van der Waals surface area contributed by atoms with E-state index in [2.05, 4.69) is 49.3 Å². The Bertz CT molecular complexity index is 591. The fourth-order valence-corrected chi connectivity index (χ4v) is 4.57. The lowest BCUT2D eigenvalue weighted by molar-refractivity contribution is 0.214. The predicted octanol–water partition coefficient (Wildman–Crippen LogP) is 2.78. The Morgan fingerprint density at radius 1 is 1.36 bits per heavy atom. The van der Waals surface area contributed by atoms with Crippen LogP contribution >= 0.6 is 0 Å². The molecule has 4 nitrogen and oxygen atoms in total. The molecule has 5 unspecified atom stereocenters. The van der Waals surface area contributed by atoms with E-state index in [0.717, 1.165) is 30.6 Å². The van der Waals surface area contributed by atoms with Gasteiger partial charge in [-0.2, -0.15) is 0 Å². The first-order valence-corrected chi connectivity index (χ1v) is 10.0. The number of hydrogen-bond donors (Lipinski definition) is 3. The Kier molecular flexibility index (Phi) is 6.16. The number of nitrogens with two attached hydrogens (primary N) is 1. The summed E-state index contributed by atoms with van der Waals surface area (Å²) in [6, 6.07) is 0.445. The summed E-state index contributed by atoms with van der Waals surface area (Å²) in [5.41, 5.74) is 12.4. The van der Waals surface area contributed by atoms with Gasteiger partial charge in [0.05, 0.1) is 6.04 Å². The monoisotopic (exact) mass is 342 g/mol. The summed E-state index contributed by atoms with van der Waals surface area (Å²) in [6.07, 6.45) is 9.17. The van der Waals surface area contributed by atoms with E-state index in [-0.39, 0.29) is 12.1 Å². The van der Waals surface area contributed by atoms with Gasteiger partial charge in [0.1, 0.15) is 5.84 Å². The normalized spacial score (nSPS) is 34.0. The second kappa shape index (κ2) is 8.35. The molecule has 0 aromatic rings. The van der Waals surface area contributed by atoms with Gasteiger partial charge < -0.3 is 16.4 Å². The lowest BCUT2D eigenvalue weighted by Gasteiger charge is -2.38. The summed E-state index contributed by atoms with van der Waals surface area (Å²) in [5, 5.41) is 7.21. The van der Waals surface area contributed by atoms with Crippen LogP contribution in [0.5, 0.6) is 0 Å². The second-order valence-corrected chi connectivity index (χ2v) is 7.92. The molecule has 0 bridgehead atoms. The van der Waals surface area contributed by atoms with Crippen LogP contribution in [0.2, 0.25) is 0 Å². The first-order chi connectivity index (χ1) is 12.1. The van der Waals surface area contributed by atoms with Gasteiger partial charge in [0.15, 0.2) is 0 Å². The van der Waals surface area contributed by atoms with E-state index >= 15 is 0 Å². The molecule has 5 atom stereocenters. The molecule has 0 amide bonds. The van der Waals surface area contributed by atoms with Crippen molar-refractivity contribution in [3.8, 4) is 0 Å². The van der Waals surface area contributed by atoms with Gasteiger partial charge in [-0.1, -0.05) is 6.08 Å². The first-order valence-electron chi connectivity index (χ1n) is 10.0. The summed E-state index contributed by atoms with van der Waals surface area (Å²) in [4.78, 5) is 4.83. The van der Waals surface area contributed by atoms with Crippen molar-refractivity contribution in [2.45, 2.75) is 58.5 Å². The number of nitrogens with one attached hydrogen (secondary N) is 2. The van der Waals surface area contributed by atoms with Crippen LogP contribution in [0.25, 0.3) is 0 Å². The summed E-state index contributed by atoms with van der Waals surface area (Å²) in [6.45, 7) is 9.56. The third-order valence-corrected chi connectivity index (χ3v) is 6.07. The maximum Gasteiger partial charge on any atom is 0.101 e. The predicted molar refractivity (Wildman–Crippen MR) is 106 cm³/mol. The second-order valence-electron chi connectivity index (χ2n) is 7.92.